The van der Waals surface area contributed by atoms with Gasteiger partial charge in [0.25, 0.3) is 0 Å². The van der Waals surface area contributed by atoms with Crippen molar-refractivity contribution >= 4 is 27.4 Å². The lowest BCUT2D eigenvalue weighted by Crippen LogP contribution is -2.62. The zero-order valence-electron chi connectivity index (χ0n) is 16.8. The second-order valence-corrected chi connectivity index (χ2v) is 10.2. The summed E-state index contributed by atoms with van der Waals surface area (Å²) in [7, 11) is -3.63. The monoisotopic (exact) mass is 426 g/mol. The van der Waals surface area contributed by atoms with Crippen molar-refractivity contribution in [2.45, 2.75) is 55.0 Å². The molecule has 2 aliphatic heterocycles. The van der Waals surface area contributed by atoms with Crippen LogP contribution in [0.2, 0.25) is 0 Å². The van der Waals surface area contributed by atoms with Crippen LogP contribution in [0.1, 0.15) is 38.5 Å². The van der Waals surface area contributed by atoms with E-state index in [1.807, 2.05) is 12.1 Å². The van der Waals surface area contributed by atoms with E-state index < -0.39 is 15.6 Å². The first-order chi connectivity index (χ1) is 14.6. The van der Waals surface area contributed by atoms with Crippen LogP contribution in [-0.2, 0) is 10.0 Å². The number of nitrogens with zero attached hydrogens (tertiary/aromatic N) is 4. The number of hydrogen-bond donors (Lipinski definition) is 2. The van der Waals surface area contributed by atoms with E-state index in [4.69, 9.17) is 4.99 Å². The van der Waals surface area contributed by atoms with E-state index in [9.17, 15) is 8.42 Å². The van der Waals surface area contributed by atoms with E-state index in [1.54, 1.807) is 28.8 Å². The zero-order chi connectivity index (χ0) is 20.6. The molecule has 1 spiro atoms. The van der Waals surface area contributed by atoms with Crippen LogP contribution in [0.15, 0.2) is 52.7 Å². The third-order valence-corrected chi connectivity index (χ3v) is 8.07. The number of hydrogen-bond acceptors (Lipinski definition) is 6. The van der Waals surface area contributed by atoms with Crippen molar-refractivity contribution in [2.24, 2.45) is 4.99 Å². The molecule has 8 nitrogen and oxygen atoms in total. The van der Waals surface area contributed by atoms with Gasteiger partial charge >= 0.3 is 0 Å². The van der Waals surface area contributed by atoms with Crippen LogP contribution >= 0.6 is 0 Å². The van der Waals surface area contributed by atoms with Crippen molar-refractivity contribution in [3.8, 4) is 0 Å². The number of amidine groups is 1. The van der Waals surface area contributed by atoms with Gasteiger partial charge in [-0.05, 0) is 49.9 Å². The molecule has 5 rings (SSSR count). The molecule has 2 N–H and O–H groups in total. The zero-order valence-corrected chi connectivity index (χ0v) is 17.6. The summed E-state index contributed by atoms with van der Waals surface area (Å²) in [4.78, 5) is 13.7. The van der Waals surface area contributed by atoms with Gasteiger partial charge in [-0.1, -0.05) is 12.8 Å². The van der Waals surface area contributed by atoms with Gasteiger partial charge in [0, 0.05) is 31.7 Å². The van der Waals surface area contributed by atoms with Gasteiger partial charge in [0.15, 0.2) is 5.82 Å². The molecule has 1 saturated heterocycles. The molecule has 158 valence electrons. The minimum atomic E-state index is -3.63. The summed E-state index contributed by atoms with van der Waals surface area (Å²) in [6.07, 6.45) is 10.8. The van der Waals surface area contributed by atoms with Gasteiger partial charge in [-0.25, -0.2) is 13.4 Å². The smallest absolute Gasteiger partial charge is 0.244 e. The average molecular weight is 427 g/mol. The highest BCUT2D eigenvalue weighted by Gasteiger charge is 2.47. The second-order valence-electron chi connectivity index (χ2n) is 8.28. The molecule has 0 bridgehead atoms. The normalized spacial score (nSPS) is 26.3. The molecule has 1 aliphatic carbocycles. The molecular formula is C21H26N6O2S. The molecule has 1 atom stereocenters. The van der Waals surface area contributed by atoms with Crippen LogP contribution in [0.25, 0.3) is 0 Å². The highest BCUT2D eigenvalue weighted by atomic mass is 32.2. The van der Waals surface area contributed by atoms with Gasteiger partial charge in [-0.2, -0.15) is 4.31 Å². The number of fused-ring (bicyclic) bond motifs is 1. The van der Waals surface area contributed by atoms with Crippen LogP contribution in [0.4, 0.5) is 11.5 Å². The summed E-state index contributed by atoms with van der Waals surface area (Å²) in [5.74, 6) is 1.55. The number of aliphatic imine (C=N–C) groups is 1. The van der Waals surface area contributed by atoms with E-state index >= 15 is 0 Å². The third kappa shape index (κ3) is 3.45. The summed E-state index contributed by atoms with van der Waals surface area (Å²) in [6, 6.07) is 7.39. The summed E-state index contributed by atoms with van der Waals surface area (Å²) >= 11 is 0. The van der Waals surface area contributed by atoms with Crippen LogP contribution in [-0.4, -0.2) is 53.2 Å². The number of rotatable bonds is 3. The highest BCUT2D eigenvalue weighted by molar-refractivity contribution is 7.89. The van der Waals surface area contributed by atoms with Crippen molar-refractivity contribution in [1.82, 2.24) is 14.3 Å². The Morgan fingerprint density at radius 3 is 2.77 bits per heavy atom. The summed E-state index contributed by atoms with van der Waals surface area (Å²) < 4.78 is 28.2. The summed E-state index contributed by atoms with van der Waals surface area (Å²) in [5, 5.41) is 7.05. The Kier molecular flexibility index (Phi) is 4.94. The largest absolute Gasteiger partial charge is 0.369 e. The molecule has 1 saturated carbocycles. The van der Waals surface area contributed by atoms with E-state index in [0.29, 0.717) is 13.1 Å². The number of nitrogens with one attached hydrogen (secondary N) is 2. The highest BCUT2D eigenvalue weighted by Crippen LogP contribution is 2.37. The molecule has 3 aliphatic rings. The molecule has 0 aromatic carbocycles. The van der Waals surface area contributed by atoms with Crippen LogP contribution in [0.3, 0.4) is 0 Å². The van der Waals surface area contributed by atoms with Gasteiger partial charge in [0.1, 0.15) is 16.3 Å². The molecule has 1 unspecified atom stereocenters. The lowest BCUT2D eigenvalue weighted by Gasteiger charge is -2.46. The van der Waals surface area contributed by atoms with E-state index in [1.165, 1.54) is 19.0 Å². The van der Waals surface area contributed by atoms with Crippen molar-refractivity contribution in [3.63, 3.8) is 0 Å². The molecule has 2 fully saturated rings. The van der Waals surface area contributed by atoms with Crippen LogP contribution in [0.5, 0.6) is 0 Å². The first-order valence-electron chi connectivity index (χ1n) is 10.6. The molecule has 0 amide bonds. The fraction of sp³-hybridized carbons (Fsp3) is 0.476. The molecule has 30 heavy (non-hydrogen) atoms. The molecule has 2 aromatic rings. The Balaban J connectivity index is 1.52. The first-order valence-corrected chi connectivity index (χ1v) is 12.0. The maximum atomic E-state index is 13.3. The quantitative estimate of drug-likeness (QED) is 0.783. The Morgan fingerprint density at radius 1 is 1.13 bits per heavy atom. The van der Waals surface area contributed by atoms with Gasteiger partial charge < -0.3 is 10.6 Å². The maximum absolute atomic E-state index is 13.3. The van der Waals surface area contributed by atoms with Crippen molar-refractivity contribution in [3.05, 3.63) is 42.9 Å². The van der Waals surface area contributed by atoms with Crippen LogP contribution < -0.4 is 10.6 Å². The van der Waals surface area contributed by atoms with Gasteiger partial charge in [0.2, 0.25) is 10.0 Å². The number of piperidine rings is 1. The van der Waals surface area contributed by atoms with E-state index in [-0.39, 0.29) is 10.9 Å². The maximum Gasteiger partial charge on any atom is 0.244 e. The molecule has 4 heterocycles. The lowest BCUT2D eigenvalue weighted by molar-refractivity contribution is 0.293. The molecular weight excluding hydrogens is 400 g/mol. The minimum Gasteiger partial charge on any atom is -0.369 e. The number of sulfonamides is 1. The minimum absolute atomic E-state index is 0.224. The van der Waals surface area contributed by atoms with E-state index in [2.05, 4.69) is 20.6 Å². The lowest BCUT2D eigenvalue weighted by atomic mass is 9.86. The predicted octanol–water partition coefficient (Wildman–Crippen LogP) is 2.88. The fourth-order valence-corrected chi connectivity index (χ4v) is 6.19. The number of aromatic nitrogens is 2. The topological polar surface area (TPSA) is 99.6 Å². The Bertz CT molecular complexity index is 1050. The van der Waals surface area contributed by atoms with Crippen LogP contribution in [0, 0.1) is 0 Å². The SMILES string of the molecule is O=S(=O)(c1cccnc1)N1CCCC2(C1)Nc1cccnc1NC2=NC1CCCC1. The number of pyridine rings is 2. The van der Waals surface area contributed by atoms with Crippen molar-refractivity contribution in [1.29, 1.82) is 0 Å². The van der Waals surface area contributed by atoms with E-state index in [0.717, 1.165) is 43.0 Å². The third-order valence-electron chi connectivity index (χ3n) is 6.24. The van der Waals surface area contributed by atoms with Gasteiger partial charge in [-0.3, -0.25) is 9.98 Å². The van der Waals surface area contributed by atoms with Crippen molar-refractivity contribution in [2.75, 3.05) is 23.7 Å². The molecule has 2 aromatic heterocycles. The Morgan fingerprint density at radius 2 is 1.97 bits per heavy atom. The summed E-state index contributed by atoms with van der Waals surface area (Å²) in [5.41, 5.74) is 0.287. The Labute approximate surface area is 176 Å². The standard InChI is InChI=1S/C21H26N6O2S/c28-30(29,17-8-3-11-22-14-17)27-13-5-10-21(15-27)20(24-16-6-1-2-7-16)25-19-18(26-21)9-4-12-23-19/h3-4,8-9,11-12,14,16,26H,1-2,5-7,10,13,15H2,(H,23,24,25). The van der Waals surface area contributed by atoms with Crippen molar-refractivity contribution < 1.29 is 8.42 Å². The van der Waals surface area contributed by atoms with Gasteiger partial charge in [-0.15, -0.1) is 0 Å². The fourth-order valence-electron chi connectivity index (χ4n) is 4.69. The number of anilines is 2. The second kappa shape index (κ2) is 7.63. The summed E-state index contributed by atoms with van der Waals surface area (Å²) in [6.45, 7) is 0.800. The Hall–Kier alpha value is -2.52. The molecule has 9 heteroatoms. The van der Waals surface area contributed by atoms with Gasteiger partial charge in [0.05, 0.1) is 11.7 Å². The predicted molar refractivity (Wildman–Crippen MR) is 116 cm³/mol. The first kappa shape index (κ1) is 19.4. The molecule has 0 radical (unpaired) electrons. The average Bonchev–Trinajstić information content (AvgIpc) is 3.28.